The predicted octanol–water partition coefficient (Wildman–Crippen LogP) is 4.42. The molecule has 0 saturated heterocycles. The standard InChI is InChI=1S/C20H20N4O3S2/c1-12-5-4-6-16(13(12)2)22-19-23-24-20(29-19)28-11-17(25)21-15-9-7-14(8-10-15)18(26)27-3/h4-10H,11H2,1-3H3,(H,21,25)(H,22,23). The molecule has 0 radical (unpaired) electrons. The topological polar surface area (TPSA) is 93.2 Å². The van der Waals surface area contributed by atoms with Crippen molar-refractivity contribution in [3.05, 3.63) is 59.2 Å². The molecular weight excluding hydrogens is 408 g/mol. The van der Waals surface area contributed by atoms with E-state index in [4.69, 9.17) is 0 Å². The fourth-order valence-corrected chi connectivity index (χ4v) is 4.02. The molecule has 3 aromatic rings. The van der Waals surface area contributed by atoms with Crippen LogP contribution in [0.4, 0.5) is 16.5 Å². The molecule has 0 aliphatic heterocycles. The largest absolute Gasteiger partial charge is 0.465 e. The number of rotatable bonds is 7. The monoisotopic (exact) mass is 428 g/mol. The first-order valence-corrected chi connectivity index (χ1v) is 10.5. The van der Waals surface area contributed by atoms with Gasteiger partial charge in [-0.1, -0.05) is 35.2 Å². The molecule has 0 atom stereocenters. The van der Waals surface area contributed by atoms with Gasteiger partial charge in [0.1, 0.15) is 0 Å². The summed E-state index contributed by atoms with van der Waals surface area (Å²) in [5, 5.41) is 15.0. The summed E-state index contributed by atoms with van der Waals surface area (Å²) in [5.41, 5.74) is 4.39. The van der Waals surface area contributed by atoms with Gasteiger partial charge in [0, 0.05) is 11.4 Å². The van der Waals surface area contributed by atoms with Crippen molar-refractivity contribution in [3.63, 3.8) is 0 Å². The molecule has 0 aliphatic rings. The van der Waals surface area contributed by atoms with Crippen molar-refractivity contribution in [2.45, 2.75) is 18.2 Å². The first kappa shape index (κ1) is 20.8. The molecule has 1 heterocycles. The molecule has 2 N–H and O–H groups in total. The smallest absolute Gasteiger partial charge is 0.337 e. The number of benzene rings is 2. The molecule has 0 bridgehead atoms. The number of aryl methyl sites for hydroxylation is 1. The Hall–Kier alpha value is -2.91. The van der Waals surface area contributed by atoms with Crippen molar-refractivity contribution in [1.82, 2.24) is 10.2 Å². The highest BCUT2D eigenvalue weighted by molar-refractivity contribution is 8.01. The summed E-state index contributed by atoms with van der Waals surface area (Å²) < 4.78 is 5.35. The number of carbonyl (C=O) groups excluding carboxylic acids is 2. The molecule has 0 spiro atoms. The van der Waals surface area contributed by atoms with E-state index in [9.17, 15) is 9.59 Å². The van der Waals surface area contributed by atoms with Crippen molar-refractivity contribution in [2.75, 3.05) is 23.5 Å². The highest BCUT2D eigenvalue weighted by Gasteiger charge is 2.11. The van der Waals surface area contributed by atoms with Gasteiger partial charge in [-0.3, -0.25) is 4.79 Å². The fourth-order valence-electron chi connectivity index (χ4n) is 2.45. The number of ether oxygens (including phenoxy) is 1. The van der Waals surface area contributed by atoms with E-state index in [1.54, 1.807) is 24.3 Å². The lowest BCUT2D eigenvalue weighted by Gasteiger charge is -2.08. The second kappa shape index (κ2) is 9.53. The average molecular weight is 429 g/mol. The minimum Gasteiger partial charge on any atom is -0.465 e. The van der Waals surface area contributed by atoms with Crippen molar-refractivity contribution >= 4 is 51.5 Å². The minimum absolute atomic E-state index is 0.167. The van der Waals surface area contributed by atoms with Crippen molar-refractivity contribution in [3.8, 4) is 0 Å². The van der Waals surface area contributed by atoms with E-state index >= 15 is 0 Å². The number of nitrogens with zero attached hydrogens (tertiary/aromatic N) is 2. The third-order valence-corrected chi connectivity index (χ3v) is 6.14. The summed E-state index contributed by atoms with van der Waals surface area (Å²) in [5.74, 6) is -0.378. The summed E-state index contributed by atoms with van der Waals surface area (Å²) in [6.07, 6.45) is 0. The van der Waals surface area contributed by atoms with E-state index < -0.39 is 5.97 Å². The van der Waals surface area contributed by atoms with Crippen LogP contribution in [-0.2, 0) is 9.53 Å². The van der Waals surface area contributed by atoms with E-state index in [0.717, 1.165) is 11.3 Å². The molecular formula is C20H20N4O3S2. The number of hydrogen-bond donors (Lipinski definition) is 2. The number of esters is 1. The van der Waals surface area contributed by atoms with Gasteiger partial charge < -0.3 is 15.4 Å². The molecule has 0 fully saturated rings. The molecule has 29 heavy (non-hydrogen) atoms. The number of aromatic nitrogens is 2. The minimum atomic E-state index is -0.417. The van der Waals surface area contributed by atoms with Gasteiger partial charge in [-0.2, -0.15) is 0 Å². The molecule has 0 unspecified atom stereocenters. The number of amides is 1. The zero-order chi connectivity index (χ0) is 20.8. The number of anilines is 3. The lowest BCUT2D eigenvalue weighted by Crippen LogP contribution is -2.14. The van der Waals surface area contributed by atoms with Crippen molar-refractivity contribution in [1.29, 1.82) is 0 Å². The van der Waals surface area contributed by atoms with Crippen molar-refractivity contribution < 1.29 is 14.3 Å². The highest BCUT2D eigenvalue weighted by Crippen LogP contribution is 2.29. The maximum Gasteiger partial charge on any atom is 0.337 e. The Morgan fingerprint density at radius 2 is 1.86 bits per heavy atom. The lowest BCUT2D eigenvalue weighted by molar-refractivity contribution is -0.113. The third-order valence-electron chi connectivity index (χ3n) is 4.17. The molecule has 9 heteroatoms. The van der Waals surface area contributed by atoms with Crippen LogP contribution in [0.1, 0.15) is 21.5 Å². The van der Waals surface area contributed by atoms with E-state index in [1.807, 2.05) is 12.1 Å². The van der Waals surface area contributed by atoms with Gasteiger partial charge in [-0.05, 0) is 55.3 Å². The SMILES string of the molecule is COC(=O)c1ccc(NC(=O)CSc2nnc(Nc3cccc(C)c3C)s2)cc1. The number of carbonyl (C=O) groups is 2. The van der Waals surface area contributed by atoms with Crippen LogP contribution in [0.25, 0.3) is 0 Å². The average Bonchev–Trinajstić information content (AvgIpc) is 3.17. The van der Waals surface area contributed by atoms with Crippen LogP contribution in [0.15, 0.2) is 46.8 Å². The molecule has 2 aromatic carbocycles. The van der Waals surface area contributed by atoms with E-state index in [2.05, 4.69) is 45.5 Å². The molecule has 1 aromatic heterocycles. The quantitative estimate of drug-likeness (QED) is 0.425. The maximum absolute atomic E-state index is 12.2. The Morgan fingerprint density at radius 1 is 1.10 bits per heavy atom. The number of thioether (sulfide) groups is 1. The Labute approximate surface area is 176 Å². The predicted molar refractivity (Wildman–Crippen MR) is 116 cm³/mol. The van der Waals surface area contributed by atoms with Crippen LogP contribution in [0.2, 0.25) is 0 Å². The number of hydrogen-bond acceptors (Lipinski definition) is 8. The molecule has 0 saturated carbocycles. The van der Waals surface area contributed by atoms with Gasteiger partial charge in [0.2, 0.25) is 11.0 Å². The first-order valence-electron chi connectivity index (χ1n) is 8.74. The van der Waals surface area contributed by atoms with Gasteiger partial charge in [0.15, 0.2) is 4.34 Å². The summed E-state index contributed by atoms with van der Waals surface area (Å²) in [4.78, 5) is 23.6. The summed E-state index contributed by atoms with van der Waals surface area (Å²) >= 11 is 2.71. The Morgan fingerprint density at radius 3 is 2.59 bits per heavy atom. The van der Waals surface area contributed by atoms with Crippen molar-refractivity contribution in [2.24, 2.45) is 0 Å². The molecule has 0 aliphatic carbocycles. The van der Waals surface area contributed by atoms with Crippen LogP contribution < -0.4 is 10.6 Å². The second-order valence-corrected chi connectivity index (χ2v) is 8.35. The molecule has 150 valence electrons. The fraction of sp³-hybridized carbons (Fsp3) is 0.200. The van der Waals surface area contributed by atoms with Gasteiger partial charge in [0.25, 0.3) is 0 Å². The van der Waals surface area contributed by atoms with E-state index in [-0.39, 0.29) is 11.7 Å². The number of methoxy groups -OCH3 is 1. The second-order valence-electron chi connectivity index (χ2n) is 6.15. The van der Waals surface area contributed by atoms with Gasteiger partial charge in [0.05, 0.1) is 18.4 Å². The first-order chi connectivity index (χ1) is 14.0. The summed E-state index contributed by atoms with van der Waals surface area (Å²) in [6, 6.07) is 12.6. The van der Waals surface area contributed by atoms with Crippen LogP contribution >= 0.6 is 23.1 Å². The third kappa shape index (κ3) is 5.55. The van der Waals surface area contributed by atoms with Gasteiger partial charge >= 0.3 is 5.97 Å². The van der Waals surface area contributed by atoms with E-state index in [1.165, 1.54) is 35.8 Å². The van der Waals surface area contributed by atoms with Crippen LogP contribution in [0.3, 0.4) is 0 Å². The zero-order valence-corrected chi connectivity index (χ0v) is 17.8. The van der Waals surface area contributed by atoms with E-state index in [0.29, 0.717) is 20.7 Å². The van der Waals surface area contributed by atoms with Crippen LogP contribution in [0, 0.1) is 13.8 Å². The van der Waals surface area contributed by atoms with Crippen LogP contribution in [-0.4, -0.2) is 34.9 Å². The zero-order valence-electron chi connectivity index (χ0n) is 16.2. The highest BCUT2D eigenvalue weighted by atomic mass is 32.2. The van der Waals surface area contributed by atoms with Gasteiger partial charge in [-0.15, -0.1) is 10.2 Å². The lowest BCUT2D eigenvalue weighted by atomic mass is 10.1. The molecule has 1 amide bonds. The Balaban J connectivity index is 1.52. The number of nitrogens with one attached hydrogen (secondary N) is 2. The summed E-state index contributed by atoms with van der Waals surface area (Å²) in [6.45, 7) is 4.11. The van der Waals surface area contributed by atoms with Crippen LogP contribution in [0.5, 0.6) is 0 Å². The molecule has 3 rings (SSSR count). The normalized spacial score (nSPS) is 10.4. The van der Waals surface area contributed by atoms with Gasteiger partial charge in [-0.25, -0.2) is 4.79 Å². The maximum atomic E-state index is 12.2. The molecule has 7 nitrogen and oxygen atoms in total. The Bertz CT molecular complexity index is 1020. The Kier molecular flexibility index (Phi) is 6.84. The summed E-state index contributed by atoms with van der Waals surface area (Å²) in [7, 11) is 1.33.